The van der Waals surface area contributed by atoms with Gasteiger partial charge in [0, 0.05) is 21.8 Å². The highest BCUT2D eigenvalue weighted by Gasteiger charge is 2.18. The first kappa shape index (κ1) is 29.9. The molecule has 0 fully saturated rings. The molecule has 0 saturated heterocycles. The van der Waals surface area contributed by atoms with Crippen molar-refractivity contribution in [2.24, 2.45) is 0 Å². The second-order valence-corrected chi connectivity index (χ2v) is 11.3. The number of thioether (sulfide) groups is 1. The maximum Gasteiger partial charge on any atom is 0.272 e. The Morgan fingerprint density at radius 3 is 2.20 bits per heavy atom. The smallest absolute Gasteiger partial charge is 0.272 e. The highest BCUT2D eigenvalue weighted by atomic mass is 35.5. The maximum atomic E-state index is 13.3. The van der Waals surface area contributed by atoms with Crippen molar-refractivity contribution in [3.8, 4) is 0 Å². The van der Waals surface area contributed by atoms with E-state index in [4.69, 9.17) is 23.2 Å². The third kappa shape index (κ3) is 8.24. The minimum Gasteiger partial charge on any atom is -0.325 e. The average molecular weight is 605 g/mol. The summed E-state index contributed by atoms with van der Waals surface area (Å²) in [7, 11) is 0. The SMILES string of the molecule is Cc1ccccc1NC(=O)C(C)Sc1ccc(NC(=O)/C(=C/c2cccc(Cl)c2Cl)NC(=O)c2ccccc2)cc1. The van der Waals surface area contributed by atoms with Gasteiger partial charge in [0.2, 0.25) is 5.91 Å². The molecule has 0 aliphatic heterocycles. The van der Waals surface area contributed by atoms with Gasteiger partial charge in [0.1, 0.15) is 5.70 Å². The molecule has 4 aromatic carbocycles. The Labute approximate surface area is 253 Å². The van der Waals surface area contributed by atoms with Crippen molar-refractivity contribution < 1.29 is 14.4 Å². The molecular weight excluding hydrogens is 577 g/mol. The average Bonchev–Trinajstić information content (AvgIpc) is 2.97. The van der Waals surface area contributed by atoms with Crippen LogP contribution in [0.3, 0.4) is 0 Å². The fourth-order valence-corrected chi connectivity index (χ4v) is 4.98. The molecule has 4 rings (SSSR count). The van der Waals surface area contributed by atoms with Crippen LogP contribution in [-0.4, -0.2) is 23.0 Å². The zero-order chi connectivity index (χ0) is 29.4. The van der Waals surface area contributed by atoms with E-state index in [0.717, 1.165) is 16.1 Å². The van der Waals surface area contributed by atoms with Crippen molar-refractivity contribution in [2.45, 2.75) is 24.0 Å². The lowest BCUT2D eigenvalue weighted by molar-refractivity contribution is -0.115. The summed E-state index contributed by atoms with van der Waals surface area (Å²) < 4.78 is 0. The first-order valence-corrected chi connectivity index (χ1v) is 14.3. The van der Waals surface area contributed by atoms with Gasteiger partial charge in [-0.05, 0) is 79.6 Å². The Balaban J connectivity index is 1.46. The zero-order valence-electron chi connectivity index (χ0n) is 22.3. The zero-order valence-corrected chi connectivity index (χ0v) is 24.6. The third-order valence-electron chi connectivity index (χ3n) is 6.01. The summed E-state index contributed by atoms with van der Waals surface area (Å²) in [6, 6.07) is 28.3. The summed E-state index contributed by atoms with van der Waals surface area (Å²) >= 11 is 13.9. The van der Waals surface area contributed by atoms with Crippen molar-refractivity contribution in [2.75, 3.05) is 10.6 Å². The van der Waals surface area contributed by atoms with Crippen LogP contribution in [0.2, 0.25) is 10.0 Å². The van der Waals surface area contributed by atoms with E-state index in [-0.39, 0.29) is 21.9 Å². The molecule has 0 aliphatic rings. The monoisotopic (exact) mass is 603 g/mol. The van der Waals surface area contributed by atoms with Gasteiger partial charge in [0.05, 0.1) is 15.3 Å². The lowest BCUT2D eigenvalue weighted by atomic mass is 10.1. The van der Waals surface area contributed by atoms with E-state index in [2.05, 4.69) is 16.0 Å². The molecule has 1 atom stereocenters. The number of hydrogen-bond donors (Lipinski definition) is 3. The highest BCUT2D eigenvalue weighted by Crippen LogP contribution is 2.28. The molecule has 0 saturated carbocycles. The number of amides is 3. The van der Waals surface area contributed by atoms with Gasteiger partial charge in [-0.15, -0.1) is 11.8 Å². The number of halogens is 2. The summed E-state index contributed by atoms with van der Waals surface area (Å²) in [5.74, 6) is -1.10. The topological polar surface area (TPSA) is 87.3 Å². The molecule has 3 N–H and O–H groups in total. The number of anilines is 2. The van der Waals surface area contributed by atoms with Crippen LogP contribution in [0.4, 0.5) is 11.4 Å². The van der Waals surface area contributed by atoms with Crippen LogP contribution in [-0.2, 0) is 9.59 Å². The molecule has 9 heteroatoms. The van der Waals surface area contributed by atoms with E-state index in [9.17, 15) is 14.4 Å². The molecule has 1 unspecified atom stereocenters. The quantitative estimate of drug-likeness (QED) is 0.134. The summed E-state index contributed by atoms with van der Waals surface area (Å²) in [4.78, 5) is 39.7. The number of benzene rings is 4. The molecular formula is C32H27Cl2N3O3S. The first-order chi connectivity index (χ1) is 19.7. The van der Waals surface area contributed by atoms with Crippen molar-refractivity contribution >= 4 is 70.1 Å². The first-order valence-electron chi connectivity index (χ1n) is 12.7. The van der Waals surface area contributed by atoms with Gasteiger partial charge >= 0.3 is 0 Å². The third-order valence-corrected chi connectivity index (χ3v) is 7.95. The van der Waals surface area contributed by atoms with Crippen LogP contribution in [0, 0.1) is 6.92 Å². The van der Waals surface area contributed by atoms with Crippen LogP contribution < -0.4 is 16.0 Å². The van der Waals surface area contributed by atoms with E-state index in [0.29, 0.717) is 21.8 Å². The summed E-state index contributed by atoms with van der Waals surface area (Å²) in [5, 5.41) is 8.69. The van der Waals surface area contributed by atoms with E-state index in [1.54, 1.807) is 60.7 Å². The van der Waals surface area contributed by atoms with Gasteiger partial charge < -0.3 is 16.0 Å². The normalized spacial score (nSPS) is 11.9. The number of carbonyl (C=O) groups is 3. The van der Waals surface area contributed by atoms with Gasteiger partial charge in [0.15, 0.2) is 0 Å². The Kier molecular flexibility index (Phi) is 10.2. The Morgan fingerprint density at radius 1 is 0.805 bits per heavy atom. The molecule has 0 bridgehead atoms. The molecule has 0 aromatic heterocycles. The predicted molar refractivity (Wildman–Crippen MR) is 169 cm³/mol. The van der Waals surface area contributed by atoms with Crippen LogP contribution >= 0.6 is 35.0 Å². The van der Waals surface area contributed by atoms with Crippen LogP contribution in [0.15, 0.2) is 108 Å². The van der Waals surface area contributed by atoms with Crippen LogP contribution in [0.1, 0.15) is 28.4 Å². The standard InChI is InChI=1S/C32H27Cl2N3O3S/c1-20-9-6-7-14-27(20)36-30(38)21(2)41-25-17-15-24(16-18-25)35-32(40)28(19-23-12-8-13-26(33)29(23)34)37-31(39)22-10-4-3-5-11-22/h3-19,21H,1-2H3,(H,35,40)(H,36,38)(H,37,39)/b28-19-. The molecule has 4 aromatic rings. The Morgan fingerprint density at radius 2 is 1.49 bits per heavy atom. The van der Waals surface area contributed by atoms with E-state index >= 15 is 0 Å². The van der Waals surface area contributed by atoms with Gasteiger partial charge in [0.25, 0.3) is 11.8 Å². The summed E-state index contributed by atoms with van der Waals surface area (Å²) in [6.45, 7) is 3.78. The highest BCUT2D eigenvalue weighted by molar-refractivity contribution is 8.00. The Hall–Kier alpha value is -4.04. The molecule has 0 aliphatic carbocycles. The number of carbonyl (C=O) groups excluding carboxylic acids is 3. The fourth-order valence-electron chi connectivity index (χ4n) is 3.75. The molecule has 3 amide bonds. The summed E-state index contributed by atoms with van der Waals surface area (Å²) in [5.41, 5.74) is 3.14. The van der Waals surface area contributed by atoms with Crippen molar-refractivity contribution in [1.29, 1.82) is 0 Å². The minimum absolute atomic E-state index is 0.0111. The van der Waals surface area contributed by atoms with E-state index < -0.39 is 11.8 Å². The largest absolute Gasteiger partial charge is 0.325 e. The van der Waals surface area contributed by atoms with Crippen molar-refractivity contribution in [3.05, 3.63) is 129 Å². The van der Waals surface area contributed by atoms with Gasteiger partial charge in [-0.2, -0.15) is 0 Å². The van der Waals surface area contributed by atoms with Gasteiger partial charge in [-0.1, -0.05) is 71.7 Å². The van der Waals surface area contributed by atoms with Crippen molar-refractivity contribution in [3.63, 3.8) is 0 Å². The lowest BCUT2D eigenvalue weighted by Crippen LogP contribution is -2.30. The second kappa shape index (κ2) is 14.0. The van der Waals surface area contributed by atoms with Crippen LogP contribution in [0.25, 0.3) is 6.08 Å². The fraction of sp³-hybridized carbons (Fsp3) is 0.0938. The van der Waals surface area contributed by atoms with Gasteiger partial charge in [-0.3, -0.25) is 14.4 Å². The molecule has 6 nitrogen and oxygen atoms in total. The van der Waals surface area contributed by atoms with Crippen LogP contribution in [0.5, 0.6) is 0 Å². The number of hydrogen-bond acceptors (Lipinski definition) is 4. The minimum atomic E-state index is -0.545. The molecule has 0 radical (unpaired) electrons. The predicted octanol–water partition coefficient (Wildman–Crippen LogP) is 7.83. The summed E-state index contributed by atoms with van der Waals surface area (Å²) in [6.07, 6.45) is 1.48. The molecule has 0 heterocycles. The molecule has 208 valence electrons. The van der Waals surface area contributed by atoms with E-state index in [1.807, 2.05) is 50.2 Å². The second-order valence-electron chi connectivity index (χ2n) is 9.06. The van der Waals surface area contributed by atoms with E-state index in [1.165, 1.54) is 17.8 Å². The number of rotatable bonds is 9. The van der Waals surface area contributed by atoms with Gasteiger partial charge in [-0.25, -0.2) is 0 Å². The molecule has 41 heavy (non-hydrogen) atoms. The maximum absolute atomic E-state index is 13.3. The molecule has 0 spiro atoms. The Bertz CT molecular complexity index is 1590. The number of aryl methyl sites for hydroxylation is 1. The van der Waals surface area contributed by atoms with Crippen molar-refractivity contribution in [1.82, 2.24) is 5.32 Å². The number of nitrogens with one attached hydrogen (secondary N) is 3. The number of para-hydroxylation sites is 1. The lowest BCUT2D eigenvalue weighted by Gasteiger charge is -2.14.